The highest BCUT2D eigenvalue weighted by atomic mass is 19.1. The number of hydrogen-bond donors (Lipinski definition) is 1. The number of halogens is 1. The van der Waals surface area contributed by atoms with E-state index in [1.165, 1.54) is 31.9 Å². The molecular weight excluding hydrogens is 251 g/mol. The Labute approximate surface area is 121 Å². The number of piperidine rings is 1. The first-order valence-electron chi connectivity index (χ1n) is 7.99. The quantitative estimate of drug-likeness (QED) is 0.857. The lowest BCUT2D eigenvalue weighted by Gasteiger charge is -2.29. The Kier molecular flexibility index (Phi) is 4.37. The fraction of sp³-hybridized carbons (Fsp3) is 0.647. The Bertz CT molecular complexity index is 448. The molecule has 0 aromatic heterocycles. The summed E-state index contributed by atoms with van der Waals surface area (Å²) in [6.45, 7) is 5.46. The van der Waals surface area contributed by atoms with E-state index in [2.05, 4.69) is 17.1 Å². The van der Waals surface area contributed by atoms with Gasteiger partial charge in [0.25, 0.3) is 0 Å². The Morgan fingerprint density at radius 1 is 1.40 bits per heavy atom. The van der Waals surface area contributed by atoms with Crippen molar-refractivity contribution in [1.82, 2.24) is 10.2 Å². The molecule has 0 amide bonds. The van der Waals surface area contributed by atoms with Crippen LogP contribution in [0.15, 0.2) is 24.3 Å². The second-order valence-electron chi connectivity index (χ2n) is 6.28. The van der Waals surface area contributed by atoms with Crippen LogP contribution in [-0.4, -0.2) is 30.6 Å². The maximum absolute atomic E-state index is 13.4. The molecule has 0 spiro atoms. The molecule has 1 aromatic rings. The van der Waals surface area contributed by atoms with Crippen molar-refractivity contribution in [2.24, 2.45) is 5.92 Å². The van der Waals surface area contributed by atoms with Gasteiger partial charge in [-0.15, -0.1) is 0 Å². The molecule has 2 bridgehead atoms. The molecule has 3 unspecified atom stereocenters. The van der Waals surface area contributed by atoms with E-state index in [-0.39, 0.29) is 11.9 Å². The summed E-state index contributed by atoms with van der Waals surface area (Å²) in [6.07, 6.45) is 5.30. The Balaban J connectivity index is 1.60. The summed E-state index contributed by atoms with van der Waals surface area (Å²) >= 11 is 0. The van der Waals surface area contributed by atoms with Crippen molar-refractivity contribution in [3.8, 4) is 0 Å². The smallest absolute Gasteiger partial charge is 0.123 e. The van der Waals surface area contributed by atoms with Crippen LogP contribution in [0.1, 0.15) is 44.2 Å². The third-order valence-corrected chi connectivity index (χ3v) is 4.93. The van der Waals surface area contributed by atoms with Gasteiger partial charge in [-0.25, -0.2) is 4.39 Å². The molecule has 3 atom stereocenters. The predicted octanol–water partition coefficient (Wildman–Crippen LogP) is 3.35. The number of nitrogens with zero attached hydrogens (tertiary/aromatic N) is 1. The second kappa shape index (κ2) is 6.23. The van der Waals surface area contributed by atoms with E-state index in [1.807, 2.05) is 12.1 Å². The van der Waals surface area contributed by atoms with Gasteiger partial charge in [-0.3, -0.25) is 0 Å². The highest BCUT2D eigenvalue weighted by Crippen LogP contribution is 2.37. The minimum absolute atomic E-state index is 0.134. The molecule has 20 heavy (non-hydrogen) atoms. The SMILES string of the molecule is CCNC(CCN1CC2CCC1C2)c1cccc(F)c1. The summed E-state index contributed by atoms with van der Waals surface area (Å²) in [6, 6.07) is 8.14. The summed E-state index contributed by atoms with van der Waals surface area (Å²) in [4.78, 5) is 2.65. The number of rotatable bonds is 6. The van der Waals surface area contributed by atoms with Crippen LogP contribution < -0.4 is 5.32 Å². The second-order valence-corrected chi connectivity index (χ2v) is 6.28. The van der Waals surface area contributed by atoms with E-state index < -0.39 is 0 Å². The van der Waals surface area contributed by atoms with Crippen LogP contribution in [0.2, 0.25) is 0 Å². The first-order chi connectivity index (χ1) is 9.76. The zero-order chi connectivity index (χ0) is 13.9. The molecule has 2 fully saturated rings. The van der Waals surface area contributed by atoms with Crippen LogP contribution in [0.25, 0.3) is 0 Å². The van der Waals surface area contributed by atoms with Gasteiger partial charge in [0, 0.05) is 25.2 Å². The summed E-state index contributed by atoms with van der Waals surface area (Å²) < 4.78 is 13.4. The molecule has 0 radical (unpaired) electrons. The number of fused-ring (bicyclic) bond motifs is 2. The van der Waals surface area contributed by atoms with Crippen LogP contribution in [0.3, 0.4) is 0 Å². The van der Waals surface area contributed by atoms with Crippen LogP contribution in [0.4, 0.5) is 4.39 Å². The predicted molar refractivity (Wildman–Crippen MR) is 80.1 cm³/mol. The van der Waals surface area contributed by atoms with E-state index in [0.29, 0.717) is 0 Å². The number of hydrogen-bond acceptors (Lipinski definition) is 2. The molecular formula is C17H25FN2. The van der Waals surface area contributed by atoms with E-state index in [1.54, 1.807) is 6.07 Å². The Hall–Kier alpha value is -0.930. The van der Waals surface area contributed by atoms with Gasteiger partial charge in [0.1, 0.15) is 5.82 Å². The van der Waals surface area contributed by atoms with Gasteiger partial charge in [0.2, 0.25) is 0 Å². The minimum atomic E-state index is -0.134. The molecule has 2 nitrogen and oxygen atoms in total. The molecule has 1 heterocycles. The van der Waals surface area contributed by atoms with E-state index in [0.717, 1.165) is 37.0 Å². The highest BCUT2D eigenvalue weighted by Gasteiger charge is 2.37. The molecule has 2 aliphatic rings. The van der Waals surface area contributed by atoms with E-state index >= 15 is 0 Å². The largest absolute Gasteiger partial charge is 0.310 e. The van der Waals surface area contributed by atoms with Crippen molar-refractivity contribution in [1.29, 1.82) is 0 Å². The van der Waals surface area contributed by atoms with Gasteiger partial charge in [0.05, 0.1) is 0 Å². The van der Waals surface area contributed by atoms with Crippen molar-refractivity contribution >= 4 is 0 Å². The first-order valence-corrected chi connectivity index (χ1v) is 7.99. The molecule has 1 saturated carbocycles. The van der Waals surface area contributed by atoms with Crippen molar-refractivity contribution < 1.29 is 4.39 Å². The standard InChI is InChI=1S/C17H25FN2/c1-2-19-17(14-4-3-5-15(18)11-14)8-9-20-12-13-6-7-16(20)10-13/h3-5,11,13,16-17,19H,2,6-10,12H2,1H3. The zero-order valence-electron chi connectivity index (χ0n) is 12.3. The van der Waals surface area contributed by atoms with Gasteiger partial charge >= 0.3 is 0 Å². The molecule has 1 aromatic carbocycles. The maximum atomic E-state index is 13.4. The lowest BCUT2D eigenvalue weighted by atomic mass is 10.0. The van der Waals surface area contributed by atoms with Gasteiger partial charge in [-0.2, -0.15) is 0 Å². The highest BCUT2D eigenvalue weighted by molar-refractivity contribution is 5.20. The fourth-order valence-electron chi connectivity index (χ4n) is 3.95. The minimum Gasteiger partial charge on any atom is -0.310 e. The maximum Gasteiger partial charge on any atom is 0.123 e. The van der Waals surface area contributed by atoms with Gasteiger partial charge in [-0.1, -0.05) is 19.1 Å². The van der Waals surface area contributed by atoms with E-state index in [4.69, 9.17) is 0 Å². The lowest BCUT2D eigenvalue weighted by molar-refractivity contribution is 0.203. The van der Waals surface area contributed by atoms with Crippen LogP contribution >= 0.6 is 0 Å². The van der Waals surface area contributed by atoms with Crippen LogP contribution in [0.5, 0.6) is 0 Å². The van der Waals surface area contributed by atoms with E-state index in [9.17, 15) is 4.39 Å². The third-order valence-electron chi connectivity index (χ3n) is 4.93. The van der Waals surface area contributed by atoms with Crippen molar-refractivity contribution in [2.75, 3.05) is 19.6 Å². The number of nitrogens with one attached hydrogen (secondary N) is 1. The fourth-order valence-corrected chi connectivity index (χ4v) is 3.95. The van der Waals surface area contributed by atoms with Crippen molar-refractivity contribution in [3.05, 3.63) is 35.6 Å². The average Bonchev–Trinajstić information content (AvgIpc) is 3.06. The molecule has 110 valence electrons. The lowest BCUT2D eigenvalue weighted by Crippen LogP contribution is -2.35. The zero-order valence-corrected chi connectivity index (χ0v) is 12.3. The molecule has 1 N–H and O–H groups in total. The molecule has 1 aliphatic carbocycles. The molecule has 3 rings (SSSR count). The van der Waals surface area contributed by atoms with Crippen molar-refractivity contribution in [3.63, 3.8) is 0 Å². The normalized spacial score (nSPS) is 27.1. The van der Waals surface area contributed by atoms with Gasteiger partial charge in [-0.05, 0) is 55.8 Å². The van der Waals surface area contributed by atoms with Gasteiger partial charge in [0.15, 0.2) is 0 Å². The Morgan fingerprint density at radius 3 is 2.95 bits per heavy atom. The molecule has 1 aliphatic heterocycles. The number of likely N-dealkylation sites (tertiary alicyclic amines) is 1. The molecule has 3 heteroatoms. The van der Waals surface area contributed by atoms with Gasteiger partial charge < -0.3 is 10.2 Å². The first kappa shape index (κ1) is 14.0. The Morgan fingerprint density at radius 2 is 2.30 bits per heavy atom. The summed E-state index contributed by atoms with van der Waals surface area (Å²) in [7, 11) is 0. The summed E-state index contributed by atoms with van der Waals surface area (Å²) in [5.74, 6) is 0.817. The van der Waals surface area contributed by atoms with Crippen LogP contribution in [0, 0.1) is 11.7 Å². The summed E-state index contributed by atoms with van der Waals surface area (Å²) in [5, 5.41) is 3.50. The number of benzene rings is 1. The average molecular weight is 276 g/mol. The summed E-state index contributed by atoms with van der Waals surface area (Å²) in [5.41, 5.74) is 1.08. The van der Waals surface area contributed by atoms with Crippen molar-refractivity contribution in [2.45, 2.75) is 44.7 Å². The monoisotopic (exact) mass is 276 g/mol. The topological polar surface area (TPSA) is 15.3 Å². The molecule has 1 saturated heterocycles. The third kappa shape index (κ3) is 3.04. The van der Waals surface area contributed by atoms with Crippen LogP contribution in [-0.2, 0) is 0 Å².